The molecule has 0 spiro atoms. The molecule has 0 bridgehead atoms. The second kappa shape index (κ2) is 8.79. The summed E-state index contributed by atoms with van der Waals surface area (Å²) in [5, 5.41) is 12.0. The van der Waals surface area contributed by atoms with Gasteiger partial charge in [-0.3, -0.25) is 4.79 Å². The van der Waals surface area contributed by atoms with Crippen LogP contribution < -0.4 is 4.90 Å². The summed E-state index contributed by atoms with van der Waals surface area (Å²) in [4.78, 5) is 14.5. The lowest BCUT2D eigenvalue weighted by Crippen LogP contribution is -2.57. The molecule has 4 heteroatoms. The Morgan fingerprint density at radius 1 is 1.11 bits per heavy atom. The summed E-state index contributed by atoms with van der Waals surface area (Å²) >= 11 is 0. The number of ketones is 1. The fraction of sp³-hybridized carbons (Fsp3) is 0.645. The van der Waals surface area contributed by atoms with Crippen molar-refractivity contribution in [2.24, 2.45) is 28.6 Å². The van der Waals surface area contributed by atoms with Crippen molar-refractivity contribution in [1.29, 1.82) is 0 Å². The zero-order valence-corrected chi connectivity index (χ0v) is 22.1. The third-order valence-electron chi connectivity index (χ3n) is 10.4. The number of nitrogens with zero attached hydrogens (tertiary/aromatic N) is 1. The molecule has 0 aromatic heterocycles. The van der Waals surface area contributed by atoms with Gasteiger partial charge in [0.1, 0.15) is 12.2 Å². The Morgan fingerprint density at radius 3 is 2.54 bits per heavy atom. The van der Waals surface area contributed by atoms with Crippen LogP contribution in [0.2, 0.25) is 0 Å². The van der Waals surface area contributed by atoms with Gasteiger partial charge in [-0.15, -0.1) is 0 Å². The highest BCUT2D eigenvalue weighted by molar-refractivity contribution is 5.91. The monoisotopic (exact) mass is 475 g/mol. The maximum atomic E-state index is 12.4. The minimum absolute atomic E-state index is 0.0471. The molecule has 0 unspecified atom stereocenters. The molecule has 0 radical (unpaired) electrons. The molecule has 1 aromatic rings. The van der Waals surface area contributed by atoms with E-state index in [1.54, 1.807) is 7.11 Å². The number of hydrogen-bond acceptors (Lipinski definition) is 4. The zero-order chi connectivity index (χ0) is 25.0. The first-order valence-electron chi connectivity index (χ1n) is 13.4. The van der Waals surface area contributed by atoms with Gasteiger partial charge in [0, 0.05) is 38.7 Å². The van der Waals surface area contributed by atoms with Crippen LogP contribution in [0.15, 0.2) is 35.9 Å². The summed E-state index contributed by atoms with van der Waals surface area (Å²) in [5.74, 6) is 8.47. The molecular formula is C31H41NO3. The average molecular weight is 476 g/mol. The van der Waals surface area contributed by atoms with Crippen LogP contribution in [0, 0.1) is 40.4 Å². The molecule has 5 rings (SSSR count). The molecule has 1 aromatic carbocycles. The number of aliphatic hydroxyl groups is 1. The van der Waals surface area contributed by atoms with E-state index in [2.05, 4.69) is 68.9 Å². The minimum Gasteiger partial charge on any atom is -0.378 e. The molecule has 188 valence electrons. The highest BCUT2D eigenvalue weighted by Gasteiger charge is 2.66. The molecule has 1 N–H and O–H groups in total. The summed E-state index contributed by atoms with van der Waals surface area (Å²) in [6, 6.07) is 9.07. The average Bonchev–Trinajstić information content (AvgIpc) is 3.09. The van der Waals surface area contributed by atoms with E-state index in [4.69, 9.17) is 4.74 Å². The normalized spacial score (nSPS) is 40.1. The molecular weight excluding hydrogens is 434 g/mol. The fourth-order valence-electron chi connectivity index (χ4n) is 8.55. The third-order valence-corrected chi connectivity index (χ3v) is 10.4. The lowest BCUT2D eigenvalue weighted by Gasteiger charge is -2.61. The van der Waals surface area contributed by atoms with Crippen LogP contribution in [0.1, 0.15) is 70.3 Å². The molecule has 0 saturated heterocycles. The van der Waals surface area contributed by atoms with Crippen molar-refractivity contribution in [2.75, 3.05) is 32.7 Å². The molecule has 3 fully saturated rings. The number of allylic oxidation sites excluding steroid dienone is 1. The van der Waals surface area contributed by atoms with Crippen LogP contribution in [0.3, 0.4) is 0 Å². The summed E-state index contributed by atoms with van der Waals surface area (Å²) in [5.41, 5.74) is 2.74. The first-order valence-corrected chi connectivity index (χ1v) is 13.4. The van der Waals surface area contributed by atoms with Gasteiger partial charge in [0.05, 0.1) is 0 Å². The molecule has 7 atom stereocenters. The highest BCUT2D eigenvalue weighted by atomic mass is 16.5. The third kappa shape index (κ3) is 3.78. The van der Waals surface area contributed by atoms with E-state index in [1.165, 1.54) is 16.8 Å². The van der Waals surface area contributed by atoms with E-state index in [-0.39, 0.29) is 10.8 Å². The summed E-state index contributed by atoms with van der Waals surface area (Å²) in [6.07, 6.45) is 8.39. The molecule has 0 aliphatic heterocycles. The molecule has 3 saturated carbocycles. The Hall–Kier alpha value is -2.09. The largest absolute Gasteiger partial charge is 0.378 e. The van der Waals surface area contributed by atoms with Gasteiger partial charge in [-0.25, -0.2) is 0 Å². The van der Waals surface area contributed by atoms with Crippen LogP contribution in [0.4, 0.5) is 5.69 Å². The number of anilines is 1. The lowest BCUT2D eigenvalue weighted by atomic mass is 9.43. The zero-order valence-electron chi connectivity index (χ0n) is 22.1. The maximum absolute atomic E-state index is 12.4. The highest BCUT2D eigenvalue weighted by Crippen LogP contribution is 2.70. The minimum atomic E-state index is -0.984. The Labute approximate surface area is 211 Å². The Morgan fingerprint density at radius 2 is 1.86 bits per heavy atom. The first kappa shape index (κ1) is 24.6. The number of hydrogen-bond donors (Lipinski definition) is 1. The Kier molecular flexibility index (Phi) is 6.17. The van der Waals surface area contributed by atoms with E-state index >= 15 is 0 Å². The lowest BCUT2D eigenvalue weighted by molar-refractivity contribution is -0.122. The van der Waals surface area contributed by atoms with Crippen LogP contribution >= 0.6 is 0 Å². The second-order valence-corrected chi connectivity index (χ2v) is 12.2. The van der Waals surface area contributed by atoms with Gasteiger partial charge in [0.25, 0.3) is 0 Å². The smallest absolute Gasteiger partial charge is 0.155 e. The van der Waals surface area contributed by atoms with E-state index in [1.807, 2.05) is 6.08 Å². The molecule has 4 nitrogen and oxygen atoms in total. The number of ether oxygens (including phenoxy) is 1. The number of carbonyl (C=O) groups is 1. The number of methoxy groups -OCH3 is 1. The van der Waals surface area contributed by atoms with Crippen LogP contribution in [0.5, 0.6) is 0 Å². The van der Waals surface area contributed by atoms with Gasteiger partial charge in [-0.1, -0.05) is 43.4 Å². The molecule has 0 amide bonds. The number of rotatable bonds is 3. The number of carbonyl (C=O) groups excluding carboxylic acids is 1. The number of benzene rings is 1. The molecule has 35 heavy (non-hydrogen) atoms. The van der Waals surface area contributed by atoms with Gasteiger partial charge in [0.2, 0.25) is 0 Å². The molecule has 0 heterocycles. The Bertz CT molecular complexity index is 1080. The standard InChI is InChI=1S/C31H41NO3/c1-29-16-13-24(33)19-22(29)9-12-25-27-14-17-31(34,15-6-18-35-5)30(27,2)20-26(28(25)29)21-7-10-23(11-8-21)32(3)4/h7-8,10-11,19,25-28,34H,9,12-14,16-18,20H2,1-5H3/t25-,26+,27-,28+,29-,30-,31-/m0/s1. The fourth-order valence-corrected chi connectivity index (χ4v) is 8.55. The van der Waals surface area contributed by atoms with Gasteiger partial charge in [-0.2, -0.15) is 0 Å². The van der Waals surface area contributed by atoms with Crippen molar-refractivity contribution >= 4 is 11.5 Å². The molecule has 4 aliphatic rings. The van der Waals surface area contributed by atoms with E-state index in [9.17, 15) is 9.90 Å². The topological polar surface area (TPSA) is 49.8 Å². The van der Waals surface area contributed by atoms with E-state index in [0.29, 0.717) is 42.5 Å². The predicted molar refractivity (Wildman–Crippen MR) is 140 cm³/mol. The summed E-state index contributed by atoms with van der Waals surface area (Å²) in [6.45, 7) is 5.10. The van der Waals surface area contributed by atoms with Gasteiger partial charge in [-0.05, 0) is 91.4 Å². The second-order valence-electron chi connectivity index (χ2n) is 12.2. The SMILES string of the molecule is COCC#C[C@]1(O)CC[C@H]2[C@@H]3CCC4=CC(=O)CC[C@]4(C)[C@H]3[C@@H](c3ccc(N(C)C)cc3)C[C@@]21C. The van der Waals surface area contributed by atoms with Crippen molar-refractivity contribution in [2.45, 2.75) is 70.3 Å². The van der Waals surface area contributed by atoms with Gasteiger partial charge in [0.15, 0.2) is 5.78 Å². The van der Waals surface area contributed by atoms with Crippen molar-refractivity contribution in [3.8, 4) is 11.8 Å². The van der Waals surface area contributed by atoms with Crippen LogP contribution in [0.25, 0.3) is 0 Å². The van der Waals surface area contributed by atoms with Gasteiger partial charge >= 0.3 is 0 Å². The summed E-state index contributed by atoms with van der Waals surface area (Å²) < 4.78 is 5.18. The van der Waals surface area contributed by atoms with Crippen molar-refractivity contribution < 1.29 is 14.6 Å². The Balaban J connectivity index is 1.61. The predicted octanol–water partition coefficient (Wildman–Crippen LogP) is 5.36. The summed E-state index contributed by atoms with van der Waals surface area (Å²) in [7, 11) is 5.80. The van der Waals surface area contributed by atoms with Crippen molar-refractivity contribution in [3.63, 3.8) is 0 Å². The van der Waals surface area contributed by atoms with Crippen LogP contribution in [-0.4, -0.2) is 44.3 Å². The number of fused-ring (bicyclic) bond motifs is 5. The first-order chi connectivity index (χ1) is 16.6. The van der Waals surface area contributed by atoms with Gasteiger partial charge < -0.3 is 14.7 Å². The quantitative estimate of drug-likeness (QED) is 0.598. The van der Waals surface area contributed by atoms with Crippen molar-refractivity contribution in [1.82, 2.24) is 0 Å². The van der Waals surface area contributed by atoms with E-state index in [0.717, 1.165) is 38.5 Å². The van der Waals surface area contributed by atoms with Crippen LogP contribution in [-0.2, 0) is 9.53 Å². The van der Waals surface area contributed by atoms with E-state index < -0.39 is 5.60 Å². The molecule has 4 aliphatic carbocycles. The maximum Gasteiger partial charge on any atom is 0.155 e. The van der Waals surface area contributed by atoms with Crippen molar-refractivity contribution in [3.05, 3.63) is 41.5 Å².